The van der Waals surface area contributed by atoms with Crippen LogP contribution in [0.2, 0.25) is 0 Å². The van der Waals surface area contributed by atoms with Gasteiger partial charge in [-0.1, -0.05) is 6.07 Å². The third-order valence-corrected chi connectivity index (χ3v) is 1.83. The van der Waals surface area contributed by atoms with E-state index in [4.69, 9.17) is 9.84 Å². The van der Waals surface area contributed by atoms with Gasteiger partial charge in [0, 0.05) is 6.54 Å². The van der Waals surface area contributed by atoms with E-state index in [0.717, 1.165) is 0 Å². The summed E-state index contributed by atoms with van der Waals surface area (Å²) >= 11 is 0. The molecular formula is C9H12N2O4. The van der Waals surface area contributed by atoms with Gasteiger partial charge in [-0.25, -0.2) is 0 Å². The molecule has 0 aliphatic heterocycles. The van der Waals surface area contributed by atoms with E-state index in [9.17, 15) is 10.1 Å². The number of nitro benzene ring substituents is 1. The summed E-state index contributed by atoms with van der Waals surface area (Å²) in [5.74, 6) is 0.197. The molecule has 0 heterocycles. The Kier molecular flexibility index (Phi) is 3.87. The summed E-state index contributed by atoms with van der Waals surface area (Å²) in [5.41, 5.74) is 0.224. The van der Waals surface area contributed by atoms with Crippen molar-refractivity contribution < 1.29 is 14.8 Å². The number of nitrogens with zero attached hydrogens (tertiary/aromatic N) is 1. The van der Waals surface area contributed by atoms with E-state index in [2.05, 4.69) is 5.32 Å². The van der Waals surface area contributed by atoms with Gasteiger partial charge >= 0.3 is 5.69 Å². The van der Waals surface area contributed by atoms with E-state index in [1.54, 1.807) is 12.1 Å². The highest BCUT2D eigenvalue weighted by atomic mass is 16.6. The van der Waals surface area contributed by atoms with Crippen molar-refractivity contribution in [1.82, 2.24) is 0 Å². The Morgan fingerprint density at radius 2 is 2.33 bits per heavy atom. The van der Waals surface area contributed by atoms with Gasteiger partial charge < -0.3 is 15.2 Å². The number of methoxy groups -OCH3 is 1. The molecule has 0 unspecified atom stereocenters. The van der Waals surface area contributed by atoms with Gasteiger partial charge in [-0.05, 0) is 12.1 Å². The molecule has 6 heteroatoms. The maximum atomic E-state index is 10.8. The Bertz CT molecular complexity index is 354. The molecule has 0 atom stereocenters. The molecule has 82 valence electrons. The Hall–Kier alpha value is -1.82. The molecule has 0 bridgehead atoms. The van der Waals surface area contributed by atoms with Crippen molar-refractivity contribution in [2.75, 3.05) is 25.6 Å². The number of hydrogen-bond donors (Lipinski definition) is 2. The van der Waals surface area contributed by atoms with Crippen LogP contribution in [0.4, 0.5) is 11.4 Å². The normalized spacial score (nSPS) is 9.73. The number of ether oxygens (including phenoxy) is 1. The van der Waals surface area contributed by atoms with E-state index in [-0.39, 0.29) is 24.6 Å². The second kappa shape index (κ2) is 5.16. The summed E-state index contributed by atoms with van der Waals surface area (Å²) in [6, 6.07) is 4.73. The number of aliphatic hydroxyl groups is 1. The van der Waals surface area contributed by atoms with Gasteiger partial charge in [0.25, 0.3) is 0 Å². The van der Waals surface area contributed by atoms with Gasteiger partial charge in [0.15, 0.2) is 5.75 Å². The summed E-state index contributed by atoms with van der Waals surface area (Å²) in [6.45, 7) is 0.169. The van der Waals surface area contributed by atoms with Gasteiger partial charge in [0.05, 0.1) is 18.6 Å². The van der Waals surface area contributed by atoms with Crippen molar-refractivity contribution in [3.05, 3.63) is 28.3 Å². The zero-order chi connectivity index (χ0) is 11.3. The first-order valence-corrected chi connectivity index (χ1v) is 4.36. The van der Waals surface area contributed by atoms with Crippen LogP contribution >= 0.6 is 0 Å². The minimum absolute atomic E-state index is 0.0889. The van der Waals surface area contributed by atoms with Gasteiger partial charge in [-0.3, -0.25) is 10.1 Å². The van der Waals surface area contributed by atoms with Crippen LogP contribution in [0.5, 0.6) is 5.75 Å². The van der Waals surface area contributed by atoms with E-state index in [0.29, 0.717) is 5.69 Å². The third-order valence-electron chi connectivity index (χ3n) is 1.83. The monoisotopic (exact) mass is 212 g/mol. The molecule has 0 saturated carbocycles. The summed E-state index contributed by atoms with van der Waals surface area (Å²) in [6.07, 6.45) is 0. The lowest BCUT2D eigenvalue weighted by molar-refractivity contribution is -0.384. The fourth-order valence-electron chi connectivity index (χ4n) is 1.21. The van der Waals surface area contributed by atoms with Crippen molar-refractivity contribution in [3.8, 4) is 5.75 Å². The largest absolute Gasteiger partial charge is 0.490 e. The fraction of sp³-hybridized carbons (Fsp3) is 0.333. The second-order valence-corrected chi connectivity index (χ2v) is 2.76. The molecule has 15 heavy (non-hydrogen) atoms. The van der Waals surface area contributed by atoms with Gasteiger partial charge in [-0.2, -0.15) is 0 Å². The minimum atomic E-state index is -0.515. The quantitative estimate of drug-likeness (QED) is 0.562. The fourth-order valence-corrected chi connectivity index (χ4v) is 1.21. The zero-order valence-electron chi connectivity index (χ0n) is 8.27. The van der Waals surface area contributed by atoms with Crippen LogP contribution in [0.15, 0.2) is 18.2 Å². The summed E-state index contributed by atoms with van der Waals surface area (Å²) in [4.78, 5) is 10.3. The van der Waals surface area contributed by atoms with Crippen molar-refractivity contribution in [2.24, 2.45) is 0 Å². The number of rotatable bonds is 5. The number of nitrogens with one attached hydrogen (secondary N) is 1. The number of hydrogen-bond acceptors (Lipinski definition) is 5. The maximum Gasteiger partial charge on any atom is 0.333 e. The third kappa shape index (κ3) is 2.57. The minimum Gasteiger partial charge on any atom is -0.490 e. The molecule has 1 aromatic rings. The standard InChI is InChI=1S/C9H12N2O4/c1-15-8-4-2-3-7(10-5-6-12)9(8)11(13)14/h2-4,10,12H,5-6H2,1H3. The topological polar surface area (TPSA) is 84.6 Å². The van der Waals surface area contributed by atoms with Crippen molar-refractivity contribution in [2.45, 2.75) is 0 Å². The highest BCUT2D eigenvalue weighted by Gasteiger charge is 2.19. The van der Waals surface area contributed by atoms with E-state index < -0.39 is 4.92 Å². The highest BCUT2D eigenvalue weighted by Crippen LogP contribution is 2.34. The number of benzene rings is 1. The first-order valence-electron chi connectivity index (χ1n) is 4.36. The first kappa shape index (κ1) is 11.3. The zero-order valence-corrected chi connectivity index (χ0v) is 8.27. The molecule has 1 aromatic carbocycles. The predicted octanol–water partition coefficient (Wildman–Crippen LogP) is 1.01. The highest BCUT2D eigenvalue weighted by molar-refractivity contribution is 5.68. The van der Waals surface area contributed by atoms with Crippen LogP contribution in [-0.2, 0) is 0 Å². The molecule has 1 rings (SSSR count). The number of aliphatic hydroxyl groups excluding tert-OH is 1. The summed E-state index contributed by atoms with van der Waals surface area (Å²) in [7, 11) is 1.37. The Labute approximate surface area is 86.6 Å². The smallest absolute Gasteiger partial charge is 0.333 e. The molecular weight excluding hydrogens is 200 g/mol. The molecule has 0 aliphatic rings. The maximum absolute atomic E-state index is 10.8. The van der Waals surface area contributed by atoms with Crippen LogP contribution < -0.4 is 10.1 Å². The molecule has 0 saturated heterocycles. The molecule has 0 fully saturated rings. The second-order valence-electron chi connectivity index (χ2n) is 2.76. The van der Waals surface area contributed by atoms with E-state index in [1.165, 1.54) is 13.2 Å². The lowest BCUT2D eigenvalue weighted by atomic mass is 10.2. The molecule has 2 N–H and O–H groups in total. The molecule has 0 aromatic heterocycles. The van der Waals surface area contributed by atoms with Crippen molar-refractivity contribution in [1.29, 1.82) is 0 Å². The average Bonchev–Trinajstić information content (AvgIpc) is 2.25. The molecule has 0 spiro atoms. The number of para-hydroxylation sites is 1. The summed E-state index contributed by atoms with van der Waals surface area (Å²) < 4.78 is 4.88. The van der Waals surface area contributed by atoms with Crippen LogP contribution in [0, 0.1) is 10.1 Å². The lowest BCUT2D eigenvalue weighted by Crippen LogP contribution is -2.08. The lowest BCUT2D eigenvalue weighted by Gasteiger charge is -2.07. The predicted molar refractivity (Wildman–Crippen MR) is 55.2 cm³/mol. The van der Waals surface area contributed by atoms with Crippen LogP contribution in [0.3, 0.4) is 0 Å². The molecule has 6 nitrogen and oxygen atoms in total. The van der Waals surface area contributed by atoms with Crippen LogP contribution in [0.1, 0.15) is 0 Å². The van der Waals surface area contributed by atoms with E-state index in [1.807, 2.05) is 0 Å². The van der Waals surface area contributed by atoms with E-state index >= 15 is 0 Å². The van der Waals surface area contributed by atoms with Crippen molar-refractivity contribution >= 4 is 11.4 Å². The Balaban J connectivity index is 3.07. The first-order chi connectivity index (χ1) is 7.20. The van der Waals surface area contributed by atoms with Gasteiger partial charge in [-0.15, -0.1) is 0 Å². The number of nitro groups is 1. The van der Waals surface area contributed by atoms with Crippen LogP contribution in [0.25, 0.3) is 0 Å². The van der Waals surface area contributed by atoms with Gasteiger partial charge in [0.1, 0.15) is 5.69 Å². The molecule has 0 amide bonds. The average molecular weight is 212 g/mol. The SMILES string of the molecule is COc1cccc(NCCO)c1[N+](=O)[O-]. The Morgan fingerprint density at radius 3 is 2.87 bits per heavy atom. The number of anilines is 1. The van der Waals surface area contributed by atoms with Gasteiger partial charge in [0.2, 0.25) is 0 Å². The van der Waals surface area contributed by atoms with Crippen LogP contribution in [-0.4, -0.2) is 30.3 Å². The van der Waals surface area contributed by atoms with Crippen molar-refractivity contribution in [3.63, 3.8) is 0 Å². The summed E-state index contributed by atoms with van der Waals surface area (Å²) in [5, 5.41) is 22.2. The molecule has 0 radical (unpaired) electrons. The molecule has 0 aliphatic carbocycles. The Morgan fingerprint density at radius 1 is 1.60 bits per heavy atom.